The van der Waals surface area contributed by atoms with Crippen molar-refractivity contribution in [3.63, 3.8) is 0 Å². The Balaban J connectivity index is 3.32. The Labute approximate surface area is 97.5 Å². The van der Waals surface area contributed by atoms with Gasteiger partial charge in [0.25, 0.3) is 0 Å². The molecule has 0 aliphatic rings. The number of ether oxygens (including phenoxy) is 1. The van der Waals surface area contributed by atoms with Gasteiger partial charge in [0.2, 0.25) is 0 Å². The number of anilines is 1. The van der Waals surface area contributed by atoms with E-state index < -0.39 is 5.60 Å². The summed E-state index contributed by atoms with van der Waals surface area (Å²) in [7, 11) is 3.55. The molecule has 0 aromatic carbocycles. The summed E-state index contributed by atoms with van der Waals surface area (Å²) in [4.78, 5) is 9.06. The standard InChI is InChI=1S/C12H21N3O/c1-7-9-8(2)10(13-5)15-11(14-9)12(3,4)16-6/h7H2,1-6H3,(H,13,14,15). The normalized spacial score (nSPS) is 11.6. The number of nitrogens with zero attached hydrogens (tertiary/aromatic N) is 2. The van der Waals surface area contributed by atoms with Crippen molar-refractivity contribution < 1.29 is 4.74 Å². The summed E-state index contributed by atoms with van der Waals surface area (Å²) in [6.45, 7) is 8.07. The van der Waals surface area contributed by atoms with Crippen molar-refractivity contribution in [1.29, 1.82) is 0 Å². The van der Waals surface area contributed by atoms with E-state index >= 15 is 0 Å². The summed E-state index contributed by atoms with van der Waals surface area (Å²) in [5.74, 6) is 1.61. The SMILES string of the molecule is CCc1nc(C(C)(C)OC)nc(NC)c1C. The van der Waals surface area contributed by atoms with Crippen LogP contribution in [0.25, 0.3) is 0 Å². The number of methoxy groups -OCH3 is 1. The van der Waals surface area contributed by atoms with Crippen LogP contribution in [0.15, 0.2) is 0 Å². The molecule has 1 heterocycles. The average molecular weight is 223 g/mol. The van der Waals surface area contributed by atoms with Gasteiger partial charge in [0.05, 0.1) is 0 Å². The Morgan fingerprint density at radius 3 is 2.38 bits per heavy atom. The number of aryl methyl sites for hydroxylation is 1. The summed E-state index contributed by atoms with van der Waals surface area (Å²) in [6.07, 6.45) is 0.899. The van der Waals surface area contributed by atoms with Gasteiger partial charge in [-0.25, -0.2) is 9.97 Å². The van der Waals surface area contributed by atoms with E-state index in [1.165, 1.54) is 0 Å². The zero-order valence-electron chi connectivity index (χ0n) is 11.0. The first-order chi connectivity index (χ1) is 7.46. The minimum Gasteiger partial charge on any atom is -0.373 e. The lowest BCUT2D eigenvalue weighted by atomic mass is 10.1. The van der Waals surface area contributed by atoms with E-state index in [1.807, 2.05) is 27.8 Å². The lowest BCUT2D eigenvalue weighted by Gasteiger charge is -2.23. The number of hydrogen-bond acceptors (Lipinski definition) is 4. The molecule has 0 atom stereocenters. The van der Waals surface area contributed by atoms with E-state index in [-0.39, 0.29) is 0 Å². The van der Waals surface area contributed by atoms with Crippen molar-refractivity contribution in [1.82, 2.24) is 9.97 Å². The number of hydrogen-bond donors (Lipinski definition) is 1. The molecule has 1 aromatic rings. The second kappa shape index (κ2) is 4.78. The van der Waals surface area contributed by atoms with Crippen molar-refractivity contribution in [3.05, 3.63) is 17.1 Å². The fourth-order valence-corrected chi connectivity index (χ4v) is 1.51. The van der Waals surface area contributed by atoms with E-state index in [0.29, 0.717) is 0 Å². The monoisotopic (exact) mass is 223 g/mol. The molecule has 1 N–H and O–H groups in total. The van der Waals surface area contributed by atoms with Crippen molar-refractivity contribution >= 4 is 5.82 Å². The van der Waals surface area contributed by atoms with Crippen LogP contribution in [0.5, 0.6) is 0 Å². The molecule has 0 unspecified atom stereocenters. The zero-order chi connectivity index (χ0) is 12.3. The number of nitrogens with one attached hydrogen (secondary N) is 1. The van der Waals surface area contributed by atoms with Crippen molar-refractivity contribution in [2.75, 3.05) is 19.5 Å². The lowest BCUT2D eigenvalue weighted by Crippen LogP contribution is -2.24. The van der Waals surface area contributed by atoms with Gasteiger partial charge < -0.3 is 10.1 Å². The minimum atomic E-state index is -0.455. The summed E-state index contributed by atoms with van der Waals surface area (Å²) in [5.41, 5.74) is 1.73. The largest absolute Gasteiger partial charge is 0.373 e. The third kappa shape index (κ3) is 2.32. The highest BCUT2D eigenvalue weighted by atomic mass is 16.5. The Kier molecular flexibility index (Phi) is 3.86. The Bertz CT molecular complexity index is 350. The van der Waals surface area contributed by atoms with Gasteiger partial charge in [0.1, 0.15) is 11.4 Å². The highest BCUT2D eigenvalue weighted by Gasteiger charge is 2.25. The summed E-state index contributed by atoms with van der Waals surface area (Å²) in [6, 6.07) is 0. The van der Waals surface area contributed by atoms with Gasteiger partial charge in [-0.05, 0) is 27.2 Å². The molecule has 90 valence electrons. The van der Waals surface area contributed by atoms with Gasteiger partial charge in [0, 0.05) is 25.4 Å². The second-order valence-electron chi connectivity index (χ2n) is 4.29. The van der Waals surface area contributed by atoms with Gasteiger partial charge in [-0.3, -0.25) is 0 Å². The number of aromatic nitrogens is 2. The van der Waals surface area contributed by atoms with Crippen LogP contribution < -0.4 is 5.32 Å². The Morgan fingerprint density at radius 2 is 1.94 bits per heavy atom. The summed E-state index contributed by atoms with van der Waals surface area (Å²) >= 11 is 0. The molecule has 0 saturated carbocycles. The highest BCUT2D eigenvalue weighted by Crippen LogP contribution is 2.24. The van der Waals surface area contributed by atoms with Crippen LogP contribution in [0.2, 0.25) is 0 Å². The fourth-order valence-electron chi connectivity index (χ4n) is 1.51. The molecule has 4 heteroatoms. The topological polar surface area (TPSA) is 47.0 Å². The predicted molar refractivity (Wildman–Crippen MR) is 65.7 cm³/mol. The van der Waals surface area contributed by atoms with Crippen LogP contribution in [-0.4, -0.2) is 24.1 Å². The van der Waals surface area contributed by atoms with Gasteiger partial charge in [-0.1, -0.05) is 6.92 Å². The van der Waals surface area contributed by atoms with Crippen LogP contribution in [-0.2, 0) is 16.8 Å². The van der Waals surface area contributed by atoms with Crippen LogP contribution in [0, 0.1) is 6.92 Å². The summed E-state index contributed by atoms with van der Waals surface area (Å²) in [5, 5.41) is 3.10. The quantitative estimate of drug-likeness (QED) is 0.850. The predicted octanol–water partition coefficient (Wildman–Crippen LogP) is 2.27. The maximum Gasteiger partial charge on any atom is 0.162 e. The third-order valence-electron chi connectivity index (χ3n) is 2.87. The van der Waals surface area contributed by atoms with Crippen LogP contribution in [0.4, 0.5) is 5.82 Å². The molecule has 0 saturated heterocycles. The maximum atomic E-state index is 5.41. The molecular formula is C12H21N3O. The van der Waals surface area contributed by atoms with Gasteiger partial charge in [0.15, 0.2) is 5.82 Å². The molecule has 0 fully saturated rings. The summed E-state index contributed by atoms with van der Waals surface area (Å²) < 4.78 is 5.41. The molecule has 0 spiro atoms. The van der Waals surface area contributed by atoms with Gasteiger partial charge >= 0.3 is 0 Å². The van der Waals surface area contributed by atoms with E-state index in [9.17, 15) is 0 Å². The Hall–Kier alpha value is -1.16. The first kappa shape index (κ1) is 12.9. The third-order valence-corrected chi connectivity index (χ3v) is 2.87. The molecule has 16 heavy (non-hydrogen) atoms. The molecule has 0 radical (unpaired) electrons. The lowest BCUT2D eigenvalue weighted by molar-refractivity contribution is 0.0114. The number of rotatable bonds is 4. The van der Waals surface area contributed by atoms with E-state index in [1.54, 1.807) is 7.11 Å². The van der Waals surface area contributed by atoms with Crippen LogP contribution in [0.1, 0.15) is 37.9 Å². The second-order valence-corrected chi connectivity index (χ2v) is 4.29. The average Bonchev–Trinajstić information content (AvgIpc) is 2.29. The fraction of sp³-hybridized carbons (Fsp3) is 0.667. The zero-order valence-corrected chi connectivity index (χ0v) is 11.0. The molecule has 4 nitrogen and oxygen atoms in total. The molecule has 0 aliphatic carbocycles. The first-order valence-electron chi connectivity index (χ1n) is 5.57. The highest BCUT2D eigenvalue weighted by molar-refractivity contribution is 5.45. The minimum absolute atomic E-state index is 0.455. The molecular weight excluding hydrogens is 202 g/mol. The van der Waals surface area contributed by atoms with E-state index in [2.05, 4.69) is 22.2 Å². The maximum absolute atomic E-state index is 5.41. The molecule has 0 amide bonds. The van der Waals surface area contributed by atoms with Crippen LogP contribution >= 0.6 is 0 Å². The van der Waals surface area contributed by atoms with Crippen molar-refractivity contribution in [3.8, 4) is 0 Å². The van der Waals surface area contributed by atoms with Crippen molar-refractivity contribution in [2.24, 2.45) is 0 Å². The van der Waals surface area contributed by atoms with E-state index in [0.717, 1.165) is 29.3 Å². The smallest absolute Gasteiger partial charge is 0.162 e. The molecule has 0 bridgehead atoms. The molecule has 0 aliphatic heterocycles. The molecule has 1 rings (SSSR count). The van der Waals surface area contributed by atoms with Gasteiger partial charge in [-0.15, -0.1) is 0 Å². The molecule has 1 aromatic heterocycles. The van der Waals surface area contributed by atoms with E-state index in [4.69, 9.17) is 4.74 Å². The first-order valence-corrected chi connectivity index (χ1v) is 5.57. The van der Waals surface area contributed by atoms with Crippen LogP contribution in [0.3, 0.4) is 0 Å². The van der Waals surface area contributed by atoms with Gasteiger partial charge in [-0.2, -0.15) is 0 Å². The Morgan fingerprint density at radius 1 is 1.31 bits per heavy atom. The van der Waals surface area contributed by atoms with Crippen molar-refractivity contribution in [2.45, 2.75) is 39.7 Å².